The summed E-state index contributed by atoms with van der Waals surface area (Å²) in [7, 11) is 0. The van der Waals surface area contributed by atoms with Crippen LogP contribution in [0.15, 0.2) is 133 Å². The third-order valence-electron chi connectivity index (χ3n) is 8.13. The number of carbonyl (C=O) groups is 4. The molecule has 0 aliphatic rings. The van der Waals surface area contributed by atoms with Crippen LogP contribution in [0.2, 0.25) is 0 Å². The van der Waals surface area contributed by atoms with E-state index in [1.54, 1.807) is 118 Å². The van der Waals surface area contributed by atoms with E-state index < -0.39 is 46.5 Å². The van der Waals surface area contributed by atoms with Crippen molar-refractivity contribution in [2.75, 3.05) is 5.32 Å². The van der Waals surface area contributed by atoms with Gasteiger partial charge in [-0.3, -0.25) is 19.7 Å². The Bertz CT molecular complexity index is 2100. The number of hydrogen-bond donors (Lipinski definition) is 2. The summed E-state index contributed by atoms with van der Waals surface area (Å²) >= 11 is 0. The Labute approximate surface area is 312 Å². The number of para-hydroxylation sites is 2. The highest BCUT2D eigenvalue weighted by molar-refractivity contribution is 6.01. The molecule has 2 atom stereocenters. The number of esters is 1. The van der Waals surface area contributed by atoms with E-state index in [1.165, 1.54) is 35.2 Å². The van der Waals surface area contributed by atoms with Crippen molar-refractivity contribution >= 4 is 35.3 Å². The summed E-state index contributed by atoms with van der Waals surface area (Å²) in [5, 5.41) is 17.1. The van der Waals surface area contributed by atoms with E-state index in [4.69, 9.17) is 9.47 Å². The summed E-state index contributed by atoms with van der Waals surface area (Å²) in [5.41, 5.74) is 1.60. The van der Waals surface area contributed by atoms with Gasteiger partial charge in [-0.1, -0.05) is 90.5 Å². The number of benzene rings is 5. The highest BCUT2D eigenvalue weighted by Gasteiger charge is 2.38. The highest BCUT2D eigenvalue weighted by Crippen LogP contribution is 2.32. The van der Waals surface area contributed by atoms with Crippen LogP contribution in [0.4, 0.5) is 16.2 Å². The number of alkyl carbamates (subject to hydrolysis) is 1. The van der Waals surface area contributed by atoms with Crippen molar-refractivity contribution in [1.29, 1.82) is 0 Å². The first-order valence-corrected chi connectivity index (χ1v) is 17.1. The number of nitrogens with one attached hydrogen (secondary N) is 2. The zero-order valence-electron chi connectivity index (χ0n) is 30.2. The maximum Gasteiger partial charge on any atom is 0.408 e. The summed E-state index contributed by atoms with van der Waals surface area (Å²) in [4.78, 5) is 68.3. The fraction of sp³-hybridized carbons (Fsp3) is 0.190. The number of carbonyl (C=O) groups excluding carboxylic acids is 4. The molecule has 0 saturated carbocycles. The molecule has 5 rings (SSSR count). The molecule has 0 aromatic heterocycles. The lowest BCUT2D eigenvalue weighted by Crippen LogP contribution is -2.48. The smallest absolute Gasteiger partial charge is 0.408 e. The quantitative estimate of drug-likeness (QED) is 0.0565. The predicted molar refractivity (Wildman–Crippen MR) is 203 cm³/mol. The van der Waals surface area contributed by atoms with Crippen LogP contribution in [0.5, 0.6) is 5.75 Å². The van der Waals surface area contributed by atoms with Gasteiger partial charge in [-0.15, -0.1) is 0 Å². The van der Waals surface area contributed by atoms with E-state index in [0.29, 0.717) is 16.7 Å². The first-order chi connectivity index (χ1) is 25.8. The number of rotatable bonds is 12. The Morgan fingerprint density at radius 3 is 1.96 bits per heavy atom. The number of nitrogens with zero attached hydrogens (tertiary/aromatic N) is 2. The lowest BCUT2D eigenvalue weighted by atomic mass is 9.99. The van der Waals surface area contributed by atoms with Crippen LogP contribution in [0.25, 0.3) is 0 Å². The van der Waals surface area contributed by atoms with E-state index in [9.17, 15) is 29.3 Å². The van der Waals surface area contributed by atoms with Crippen molar-refractivity contribution < 1.29 is 33.6 Å². The van der Waals surface area contributed by atoms with Gasteiger partial charge in [-0.25, -0.2) is 9.59 Å². The number of non-ortho nitro benzene ring substituents is 1. The molecule has 0 heterocycles. The maximum absolute atomic E-state index is 15.0. The van der Waals surface area contributed by atoms with Gasteiger partial charge in [0.05, 0.1) is 16.2 Å². The molecule has 0 saturated heterocycles. The molecule has 3 amide bonds. The fourth-order valence-corrected chi connectivity index (χ4v) is 5.56. The van der Waals surface area contributed by atoms with Crippen LogP contribution < -0.4 is 15.4 Å². The Kier molecular flexibility index (Phi) is 12.2. The van der Waals surface area contributed by atoms with E-state index in [1.807, 2.05) is 13.0 Å². The average molecular weight is 729 g/mol. The van der Waals surface area contributed by atoms with Crippen LogP contribution in [0.3, 0.4) is 0 Å². The number of nitro benzene ring substituents is 1. The van der Waals surface area contributed by atoms with Gasteiger partial charge in [0, 0.05) is 18.7 Å². The van der Waals surface area contributed by atoms with Gasteiger partial charge in [0.25, 0.3) is 17.5 Å². The summed E-state index contributed by atoms with van der Waals surface area (Å²) in [5.74, 6) is -2.00. The predicted octanol–water partition coefficient (Wildman–Crippen LogP) is 8.10. The summed E-state index contributed by atoms with van der Waals surface area (Å²) in [6.45, 7) is 6.86. The summed E-state index contributed by atoms with van der Waals surface area (Å²) < 4.78 is 11.2. The third-order valence-corrected chi connectivity index (χ3v) is 8.13. The zero-order chi connectivity index (χ0) is 38.8. The Hall–Kier alpha value is -6.82. The number of amides is 3. The Morgan fingerprint density at radius 1 is 0.759 bits per heavy atom. The lowest BCUT2D eigenvalue weighted by Gasteiger charge is -2.35. The van der Waals surface area contributed by atoms with Crippen LogP contribution in [0.1, 0.15) is 65.5 Å². The van der Waals surface area contributed by atoms with Crippen molar-refractivity contribution in [3.05, 3.63) is 171 Å². The zero-order valence-corrected chi connectivity index (χ0v) is 30.2. The largest absolute Gasteiger partial charge is 0.444 e. The second kappa shape index (κ2) is 17.1. The standard InChI is InChI=1S/C42H40N4O8/c1-28-19-21-32(22-20-28)40(49)53-35-18-12-11-17-34(35)43-38(47)37(31-23-25-33(26-24-31)46(51)52)45(27-29-13-7-5-8-14-29)39(48)36(30-15-9-6-10-16-30)44-41(50)54-42(2,3)4/h5-26,36-37H,27H2,1-4H3,(H,43,47)(H,44,50). The first kappa shape index (κ1) is 38.4. The molecular formula is C42H40N4O8. The molecule has 2 unspecified atom stereocenters. The molecule has 54 heavy (non-hydrogen) atoms. The minimum atomic E-state index is -1.42. The van der Waals surface area contributed by atoms with Crippen molar-refractivity contribution in [3.63, 3.8) is 0 Å². The van der Waals surface area contributed by atoms with Gasteiger partial charge in [-0.05, 0) is 80.8 Å². The molecule has 0 aliphatic heterocycles. The van der Waals surface area contributed by atoms with Gasteiger partial charge >= 0.3 is 12.1 Å². The summed E-state index contributed by atoms with van der Waals surface area (Å²) in [6.07, 6.45) is -0.856. The van der Waals surface area contributed by atoms with Crippen LogP contribution in [-0.2, 0) is 20.9 Å². The Balaban J connectivity index is 1.59. The number of anilines is 1. The Morgan fingerprint density at radius 2 is 1.35 bits per heavy atom. The minimum Gasteiger partial charge on any atom is -0.444 e. The van der Waals surface area contributed by atoms with E-state index in [2.05, 4.69) is 10.6 Å². The highest BCUT2D eigenvalue weighted by atomic mass is 16.6. The van der Waals surface area contributed by atoms with Crippen molar-refractivity contribution in [3.8, 4) is 5.75 Å². The number of nitro groups is 1. The topological polar surface area (TPSA) is 157 Å². The van der Waals surface area contributed by atoms with Crippen LogP contribution >= 0.6 is 0 Å². The van der Waals surface area contributed by atoms with Gasteiger partial charge in [0.1, 0.15) is 17.7 Å². The number of ether oxygens (including phenoxy) is 2. The second-order valence-corrected chi connectivity index (χ2v) is 13.4. The van der Waals surface area contributed by atoms with Crippen molar-refractivity contribution in [1.82, 2.24) is 10.2 Å². The number of hydrogen-bond acceptors (Lipinski definition) is 8. The molecule has 12 heteroatoms. The second-order valence-electron chi connectivity index (χ2n) is 13.4. The monoisotopic (exact) mass is 728 g/mol. The molecule has 276 valence electrons. The molecule has 0 radical (unpaired) electrons. The molecule has 0 spiro atoms. The van der Waals surface area contributed by atoms with Crippen LogP contribution in [-0.4, -0.2) is 39.3 Å². The maximum atomic E-state index is 15.0. The molecule has 5 aromatic rings. The molecule has 2 N–H and O–H groups in total. The van der Waals surface area contributed by atoms with E-state index in [0.717, 1.165) is 5.56 Å². The SMILES string of the molecule is Cc1ccc(C(=O)Oc2ccccc2NC(=O)C(c2ccc([N+](=O)[O-])cc2)N(Cc2ccccc2)C(=O)C(NC(=O)OC(C)(C)C)c2ccccc2)cc1. The lowest BCUT2D eigenvalue weighted by molar-refractivity contribution is -0.384. The van der Waals surface area contributed by atoms with Gasteiger partial charge in [0.15, 0.2) is 5.75 Å². The molecular weight excluding hydrogens is 688 g/mol. The van der Waals surface area contributed by atoms with E-state index >= 15 is 0 Å². The molecule has 12 nitrogen and oxygen atoms in total. The van der Waals surface area contributed by atoms with Crippen molar-refractivity contribution in [2.45, 2.75) is 51.9 Å². The van der Waals surface area contributed by atoms with Crippen LogP contribution in [0, 0.1) is 17.0 Å². The van der Waals surface area contributed by atoms with Crippen molar-refractivity contribution in [2.24, 2.45) is 0 Å². The van der Waals surface area contributed by atoms with Gasteiger partial charge in [-0.2, -0.15) is 0 Å². The average Bonchev–Trinajstić information content (AvgIpc) is 3.14. The number of aryl methyl sites for hydroxylation is 1. The third kappa shape index (κ3) is 10.2. The molecule has 5 aromatic carbocycles. The fourth-order valence-electron chi connectivity index (χ4n) is 5.56. The molecule has 0 bridgehead atoms. The van der Waals surface area contributed by atoms with E-state index in [-0.39, 0.29) is 29.2 Å². The first-order valence-electron chi connectivity index (χ1n) is 17.1. The molecule has 0 aliphatic carbocycles. The molecule has 0 fully saturated rings. The van der Waals surface area contributed by atoms with Gasteiger partial charge in [0.2, 0.25) is 0 Å². The summed E-state index contributed by atoms with van der Waals surface area (Å²) in [6, 6.07) is 33.1. The normalized spacial score (nSPS) is 12.1. The minimum absolute atomic E-state index is 0.0496. The van der Waals surface area contributed by atoms with Gasteiger partial charge < -0.3 is 25.0 Å².